The number of ether oxygens (including phenoxy) is 1. The maximum Gasteiger partial charge on any atom is 0.492 e. The molecule has 1 aliphatic rings. The monoisotopic (exact) mass is 547 g/mol. The second-order valence-corrected chi connectivity index (χ2v) is 11.8. The standard InChI is InChI=1S/C13H24N7O11P3/c14-2-1-3-19-32(22,23)30-34(27,31-33(24,25)26)28-5-9-8(21)4-10(29-9)20-7-18-11-12(15)16-6-17-13(11)20/h6-10,21H,1-5,14H2,(H2,15,16,17)(H2,19,22,23)(H2,24,25,26)/t8?,9-,10-,34?/m1/s1. The Hall–Kier alpha value is -1.36. The molecule has 0 aliphatic carbocycles. The molecule has 3 rings (SSSR count). The number of nitrogens with two attached hydrogens (primary N) is 2. The number of hydrogen-bond donors (Lipinski definition) is 7. The van der Waals surface area contributed by atoms with Gasteiger partial charge in [0.15, 0.2) is 11.5 Å². The molecule has 0 bridgehead atoms. The van der Waals surface area contributed by atoms with Crippen LogP contribution >= 0.6 is 23.4 Å². The third-order valence-electron chi connectivity index (χ3n) is 4.41. The molecule has 192 valence electrons. The molecule has 34 heavy (non-hydrogen) atoms. The molecule has 2 aromatic rings. The summed E-state index contributed by atoms with van der Waals surface area (Å²) in [5.41, 5.74) is 11.6. The largest absolute Gasteiger partial charge is 0.492 e. The fourth-order valence-electron chi connectivity index (χ4n) is 2.96. The van der Waals surface area contributed by atoms with Gasteiger partial charge in [0.2, 0.25) is 0 Å². The molecule has 9 N–H and O–H groups in total. The van der Waals surface area contributed by atoms with Gasteiger partial charge in [0.25, 0.3) is 0 Å². The van der Waals surface area contributed by atoms with Crippen molar-refractivity contribution in [1.29, 1.82) is 0 Å². The molecule has 0 aromatic carbocycles. The van der Waals surface area contributed by atoms with E-state index in [1.54, 1.807) is 0 Å². The lowest BCUT2D eigenvalue weighted by Gasteiger charge is -2.23. The maximum absolute atomic E-state index is 12.7. The Morgan fingerprint density at radius 2 is 1.94 bits per heavy atom. The Bertz CT molecular complexity index is 1140. The number of phosphoric acid groups is 2. The average Bonchev–Trinajstić information content (AvgIpc) is 3.29. The maximum atomic E-state index is 12.7. The van der Waals surface area contributed by atoms with Crippen LogP contribution in [-0.2, 0) is 31.6 Å². The Morgan fingerprint density at radius 3 is 2.62 bits per heavy atom. The summed E-state index contributed by atoms with van der Waals surface area (Å²) >= 11 is 0. The number of nitrogen functional groups attached to an aromatic ring is 1. The number of rotatable bonds is 12. The van der Waals surface area contributed by atoms with Crippen molar-refractivity contribution in [3.05, 3.63) is 12.7 Å². The van der Waals surface area contributed by atoms with Gasteiger partial charge in [-0.05, 0) is 13.0 Å². The summed E-state index contributed by atoms with van der Waals surface area (Å²) in [5, 5.41) is 12.3. The summed E-state index contributed by atoms with van der Waals surface area (Å²) in [7, 11) is -15.7. The van der Waals surface area contributed by atoms with Crippen LogP contribution in [0.1, 0.15) is 19.1 Å². The van der Waals surface area contributed by atoms with Crippen molar-refractivity contribution in [2.24, 2.45) is 5.73 Å². The van der Waals surface area contributed by atoms with Crippen LogP contribution in [-0.4, -0.2) is 71.2 Å². The Labute approximate surface area is 192 Å². The number of imidazole rings is 1. The molecule has 0 saturated carbocycles. The highest BCUT2D eigenvalue weighted by Crippen LogP contribution is 2.67. The molecule has 5 atom stereocenters. The van der Waals surface area contributed by atoms with Crippen LogP contribution in [0.3, 0.4) is 0 Å². The number of aromatic nitrogens is 4. The van der Waals surface area contributed by atoms with E-state index < -0.39 is 48.4 Å². The highest BCUT2D eigenvalue weighted by atomic mass is 31.3. The topological polar surface area (TPSA) is 277 Å². The molecule has 1 saturated heterocycles. The van der Waals surface area contributed by atoms with E-state index in [9.17, 15) is 23.7 Å². The quantitative estimate of drug-likeness (QED) is 0.128. The Kier molecular flexibility index (Phi) is 8.59. The molecule has 0 spiro atoms. The fourth-order valence-corrected chi connectivity index (χ4v) is 6.85. The van der Waals surface area contributed by atoms with Gasteiger partial charge < -0.3 is 36.0 Å². The molecule has 3 unspecified atom stereocenters. The number of nitrogens with one attached hydrogen (secondary N) is 1. The van der Waals surface area contributed by atoms with Crippen LogP contribution in [0.4, 0.5) is 5.82 Å². The first-order valence-corrected chi connectivity index (χ1v) is 14.2. The molecule has 2 aromatic heterocycles. The molecule has 1 fully saturated rings. The lowest BCUT2D eigenvalue weighted by Crippen LogP contribution is -2.26. The van der Waals surface area contributed by atoms with E-state index in [0.717, 1.165) is 0 Å². The fraction of sp³-hybridized carbons (Fsp3) is 0.615. The Balaban J connectivity index is 1.70. The first-order chi connectivity index (χ1) is 15.8. The van der Waals surface area contributed by atoms with Crippen LogP contribution in [0, 0.1) is 0 Å². The van der Waals surface area contributed by atoms with Gasteiger partial charge in [-0.2, -0.15) is 8.62 Å². The molecule has 0 amide bonds. The van der Waals surface area contributed by atoms with E-state index in [1.807, 2.05) is 5.09 Å². The van der Waals surface area contributed by atoms with Crippen LogP contribution in [0.25, 0.3) is 11.2 Å². The molecular formula is C13H24N7O11P3. The summed E-state index contributed by atoms with van der Waals surface area (Å²) in [6.07, 6.45) is -0.447. The van der Waals surface area contributed by atoms with E-state index in [4.69, 9.17) is 30.5 Å². The summed E-state index contributed by atoms with van der Waals surface area (Å²) in [5.74, 6) is 0.128. The summed E-state index contributed by atoms with van der Waals surface area (Å²) in [6.45, 7) is -0.774. The van der Waals surface area contributed by atoms with Gasteiger partial charge >= 0.3 is 23.4 Å². The van der Waals surface area contributed by atoms with Gasteiger partial charge in [-0.1, -0.05) is 0 Å². The SMILES string of the molecule is NCCCNP(=O)(O)OP(=O)(OC[C@H]1O[C@@H](n2cnc3c(N)ncnc32)CC1O)OP(=O)(O)O. The average molecular weight is 547 g/mol. The van der Waals surface area contributed by atoms with Gasteiger partial charge in [-0.25, -0.2) is 33.7 Å². The first-order valence-electron chi connectivity index (χ1n) is 9.60. The molecule has 0 radical (unpaired) electrons. The second kappa shape index (κ2) is 10.7. The number of hydrogen-bond acceptors (Lipinski definition) is 13. The molecule has 1 aliphatic heterocycles. The van der Waals surface area contributed by atoms with Crippen molar-refractivity contribution >= 4 is 40.4 Å². The first kappa shape index (κ1) is 27.2. The number of nitrogens with zero attached hydrogens (tertiary/aromatic N) is 4. The lowest BCUT2D eigenvalue weighted by atomic mass is 10.2. The zero-order chi connectivity index (χ0) is 25.1. The van der Waals surface area contributed by atoms with Gasteiger partial charge in [0.1, 0.15) is 24.2 Å². The predicted molar refractivity (Wildman–Crippen MR) is 114 cm³/mol. The van der Waals surface area contributed by atoms with Gasteiger partial charge in [-0.15, -0.1) is 0 Å². The molecular weight excluding hydrogens is 523 g/mol. The van der Waals surface area contributed by atoms with Crippen LogP contribution in [0.5, 0.6) is 0 Å². The van der Waals surface area contributed by atoms with Crippen LogP contribution in [0.15, 0.2) is 12.7 Å². The molecule has 18 nitrogen and oxygen atoms in total. The minimum absolute atomic E-state index is 0.00690. The Morgan fingerprint density at radius 1 is 1.21 bits per heavy atom. The van der Waals surface area contributed by atoms with E-state index in [-0.39, 0.29) is 31.7 Å². The molecule has 3 heterocycles. The van der Waals surface area contributed by atoms with Crippen molar-refractivity contribution in [3.63, 3.8) is 0 Å². The number of aliphatic hydroxyl groups is 1. The minimum atomic E-state index is -5.50. The summed E-state index contributed by atoms with van der Waals surface area (Å²) < 4.78 is 56.4. The van der Waals surface area contributed by atoms with Crippen molar-refractivity contribution < 1.29 is 51.4 Å². The van der Waals surface area contributed by atoms with E-state index >= 15 is 0 Å². The third kappa shape index (κ3) is 7.08. The number of anilines is 1. The van der Waals surface area contributed by atoms with Gasteiger partial charge in [0.05, 0.1) is 19.0 Å². The second-order valence-electron chi connectivity index (χ2n) is 6.98. The van der Waals surface area contributed by atoms with Crippen molar-refractivity contribution in [3.8, 4) is 0 Å². The summed E-state index contributed by atoms with van der Waals surface area (Å²) in [6, 6.07) is 0. The normalized spacial score (nSPS) is 24.8. The third-order valence-corrected chi connectivity index (χ3v) is 8.83. The van der Waals surface area contributed by atoms with E-state index in [1.165, 1.54) is 17.2 Å². The zero-order valence-corrected chi connectivity index (χ0v) is 20.0. The predicted octanol–water partition coefficient (Wildman–Crippen LogP) is -0.654. The van der Waals surface area contributed by atoms with Crippen molar-refractivity contribution in [2.75, 3.05) is 25.4 Å². The minimum Gasteiger partial charge on any atom is -0.390 e. The van der Waals surface area contributed by atoms with Crippen LogP contribution < -0.4 is 16.6 Å². The smallest absolute Gasteiger partial charge is 0.390 e. The highest BCUT2D eigenvalue weighted by molar-refractivity contribution is 7.67. The highest BCUT2D eigenvalue weighted by Gasteiger charge is 2.45. The van der Waals surface area contributed by atoms with Crippen LogP contribution in [0.2, 0.25) is 0 Å². The van der Waals surface area contributed by atoms with Crippen molar-refractivity contribution in [1.82, 2.24) is 24.6 Å². The summed E-state index contributed by atoms with van der Waals surface area (Å²) in [4.78, 5) is 39.8. The number of aliphatic hydroxyl groups excluding tert-OH is 1. The van der Waals surface area contributed by atoms with E-state index in [0.29, 0.717) is 11.2 Å². The van der Waals surface area contributed by atoms with Gasteiger partial charge in [0, 0.05) is 13.0 Å². The van der Waals surface area contributed by atoms with Gasteiger partial charge in [-0.3, -0.25) is 9.09 Å². The molecule has 21 heteroatoms. The zero-order valence-electron chi connectivity index (χ0n) is 17.4. The van der Waals surface area contributed by atoms with Crippen molar-refractivity contribution in [2.45, 2.75) is 31.3 Å². The lowest BCUT2D eigenvalue weighted by molar-refractivity contribution is -0.0420. The number of fused-ring (bicyclic) bond motifs is 1. The van der Waals surface area contributed by atoms with E-state index in [2.05, 4.69) is 23.6 Å².